The molecule has 0 aliphatic heterocycles. The minimum Gasteiger partial charge on any atom is -0.462 e. The number of hydrogen-bond donors (Lipinski definition) is 0. The minimum absolute atomic E-state index is 0.101. The van der Waals surface area contributed by atoms with E-state index >= 15 is 0 Å². The van der Waals surface area contributed by atoms with Crippen molar-refractivity contribution in [1.82, 2.24) is 0 Å². The predicted molar refractivity (Wildman–Crippen MR) is 81.4 cm³/mol. The summed E-state index contributed by atoms with van der Waals surface area (Å²) in [4.78, 5) is 12.0. The molecule has 0 saturated heterocycles. The molecule has 0 aliphatic carbocycles. The molecule has 2 nitrogen and oxygen atoms in total. The number of hydrogen-bond acceptors (Lipinski definition) is 2. The van der Waals surface area contributed by atoms with E-state index in [1.807, 2.05) is 27.7 Å². The maximum Gasteiger partial charge on any atom is 0.311 e. The molecule has 2 unspecified atom stereocenters. The summed E-state index contributed by atoms with van der Waals surface area (Å²) in [6, 6.07) is 0.554. The van der Waals surface area contributed by atoms with Crippen LogP contribution in [-0.4, -0.2) is 20.5 Å². The molecule has 19 heavy (non-hydrogen) atoms. The van der Waals surface area contributed by atoms with Crippen LogP contribution in [0.1, 0.15) is 53.9 Å². The Labute approximate surface area is 119 Å². The summed E-state index contributed by atoms with van der Waals surface area (Å²) < 4.78 is 19.5. The van der Waals surface area contributed by atoms with Gasteiger partial charge < -0.3 is 8.84 Å². The normalized spacial score (nSPS) is 16.0. The predicted octanol–water partition coefficient (Wildman–Crippen LogP) is 4.95. The number of carbonyl (C=O) groups is 1. The molecule has 0 bridgehead atoms. The third kappa shape index (κ3) is 8.40. The van der Waals surface area contributed by atoms with Crippen molar-refractivity contribution < 1.29 is 13.6 Å². The third-order valence-electron chi connectivity index (χ3n) is 3.16. The number of halogens is 1. The molecule has 2 atom stereocenters. The van der Waals surface area contributed by atoms with Crippen molar-refractivity contribution in [3.63, 3.8) is 0 Å². The Kier molecular flexibility index (Phi) is 7.26. The standard InChI is InChI=1S/C15H31FO2Si/c1-8-9-10-13(12(2)11-19(6,7)16)18-14(17)15(3,4)5/h12-13H,8-11H2,1-7H3. The van der Waals surface area contributed by atoms with Crippen molar-refractivity contribution in [2.75, 3.05) is 0 Å². The highest BCUT2D eigenvalue weighted by Gasteiger charge is 2.32. The molecule has 0 aromatic carbocycles. The number of rotatable bonds is 7. The molecular formula is C15H31FO2Si. The van der Waals surface area contributed by atoms with Crippen LogP contribution in [-0.2, 0) is 9.53 Å². The zero-order valence-electron chi connectivity index (χ0n) is 13.7. The van der Waals surface area contributed by atoms with Crippen molar-refractivity contribution in [3.05, 3.63) is 0 Å². The zero-order valence-corrected chi connectivity index (χ0v) is 14.7. The monoisotopic (exact) mass is 290 g/mol. The van der Waals surface area contributed by atoms with Crippen LogP contribution in [0.4, 0.5) is 4.11 Å². The Morgan fingerprint density at radius 3 is 2.21 bits per heavy atom. The van der Waals surface area contributed by atoms with E-state index in [-0.39, 0.29) is 18.0 Å². The lowest BCUT2D eigenvalue weighted by molar-refractivity contribution is -0.161. The van der Waals surface area contributed by atoms with E-state index < -0.39 is 13.8 Å². The van der Waals surface area contributed by atoms with Crippen molar-refractivity contribution >= 4 is 14.4 Å². The highest BCUT2D eigenvalue weighted by Crippen LogP contribution is 2.27. The van der Waals surface area contributed by atoms with Gasteiger partial charge in [0, 0.05) is 0 Å². The molecule has 0 radical (unpaired) electrons. The van der Waals surface area contributed by atoms with Crippen molar-refractivity contribution in [1.29, 1.82) is 0 Å². The van der Waals surface area contributed by atoms with Gasteiger partial charge in [0.25, 0.3) is 0 Å². The molecule has 114 valence electrons. The molecule has 0 saturated carbocycles. The number of esters is 1. The molecule has 0 N–H and O–H groups in total. The van der Waals surface area contributed by atoms with Crippen molar-refractivity contribution in [3.8, 4) is 0 Å². The average Bonchev–Trinajstić information content (AvgIpc) is 2.19. The molecule has 0 heterocycles. The van der Waals surface area contributed by atoms with E-state index in [2.05, 4.69) is 6.92 Å². The van der Waals surface area contributed by atoms with Gasteiger partial charge in [-0.25, -0.2) is 0 Å². The van der Waals surface area contributed by atoms with E-state index in [4.69, 9.17) is 4.74 Å². The van der Waals surface area contributed by atoms with Gasteiger partial charge in [-0.05, 0) is 52.2 Å². The molecule has 0 aromatic heterocycles. The van der Waals surface area contributed by atoms with Crippen LogP contribution in [0, 0.1) is 11.3 Å². The first-order valence-corrected chi connectivity index (χ1v) is 10.5. The highest BCUT2D eigenvalue weighted by molar-refractivity contribution is 6.70. The summed E-state index contributed by atoms with van der Waals surface area (Å²) in [6.07, 6.45) is 2.77. The van der Waals surface area contributed by atoms with Crippen LogP contribution in [0.2, 0.25) is 19.1 Å². The summed E-state index contributed by atoms with van der Waals surface area (Å²) in [5.74, 6) is -0.0803. The van der Waals surface area contributed by atoms with Gasteiger partial charge in [-0.3, -0.25) is 4.79 Å². The summed E-state index contributed by atoms with van der Waals surface area (Å²) in [7, 11) is -2.61. The van der Waals surface area contributed by atoms with E-state index in [0.29, 0.717) is 6.04 Å². The van der Waals surface area contributed by atoms with Gasteiger partial charge in [-0.1, -0.05) is 26.7 Å². The number of unbranched alkanes of at least 4 members (excludes halogenated alkanes) is 1. The first kappa shape index (κ1) is 18.6. The second-order valence-corrected chi connectivity index (χ2v) is 11.1. The smallest absolute Gasteiger partial charge is 0.311 e. The highest BCUT2D eigenvalue weighted by atomic mass is 28.4. The third-order valence-corrected chi connectivity index (χ3v) is 4.77. The van der Waals surface area contributed by atoms with E-state index in [0.717, 1.165) is 19.3 Å². The Hall–Kier alpha value is -0.383. The van der Waals surface area contributed by atoms with Gasteiger partial charge in [-0.15, -0.1) is 0 Å². The molecule has 0 spiro atoms. The lowest BCUT2D eigenvalue weighted by Crippen LogP contribution is -2.34. The SMILES string of the molecule is CCCCC(OC(=O)C(C)(C)C)C(C)C[Si](C)(C)F. The van der Waals surface area contributed by atoms with Crippen LogP contribution >= 0.6 is 0 Å². The largest absolute Gasteiger partial charge is 0.462 e. The Morgan fingerprint density at radius 2 is 1.84 bits per heavy atom. The summed E-state index contributed by atoms with van der Waals surface area (Å²) >= 11 is 0. The van der Waals surface area contributed by atoms with E-state index in [9.17, 15) is 8.90 Å². The first-order chi connectivity index (χ1) is 8.47. The number of ether oxygens (including phenoxy) is 1. The van der Waals surface area contributed by atoms with Crippen molar-refractivity contribution in [2.24, 2.45) is 11.3 Å². The van der Waals surface area contributed by atoms with Gasteiger partial charge in [-0.2, -0.15) is 0 Å². The van der Waals surface area contributed by atoms with Gasteiger partial charge in [0.2, 0.25) is 8.41 Å². The van der Waals surface area contributed by atoms with Gasteiger partial charge in [0.15, 0.2) is 0 Å². The summed E-state index contributed by atoms with van der Waals surface area (Å²) in [5, 5.41) is 0. The molecule has 0 aromatic rings. The molecular weight excluding hydrogens is 259 g/mol. The Morgan fingerprint density at radius 1 is 1.32 bits per heavy atom. The fourth-order valence-corrected chi connectivity index (χ4v) is 3.87. The zero-order chi connectivity index (χ0) is 15.3. The first-order valence-electron chi connectivity index (χ1n) is 7.37. The van der Waals surface area contributed by atoms with Gasteiger partial charge in [0.05, 0.1) is 5.41 Å². The second kappa shape index (κ2) is 7.41. The van der Waals surface area contributed by atoms with Crippen molar-refractivity contribution in [2.45, 2.75) is 79.1 Å². The molecule has 4 heteroatoms. The van der Waals surface area contributed by atoms with Gasteiger partial charge in [0.1, 0.15) is 6.10 Å². The maximum absolute atomic E-state index is 13.9. The Balaban J connectivity index is 4.67. The maximum atomic E-state index is 13.9. The summed E-state index contributed by atoms with van der Waals surface area (Å²) in [6.45, 7) is 13.1. The topological polar surface area (TPSA) is 26.3 Å². The molecule has 0 aliphatic rings. The minimum atomic E-state index is -2.61. The van der Waals surface area contributed by atoms with E-state index in [1.165, 1.54) is 0 Å². The lowest BCUT2D eigenvalue weighted by atomic mass is 9.96. The molecule has 0 fully saturated rings. The van der Waals surface area contributed by atoms with Crippen LogP contribution in [0.25, 0.3) is 0 Å². The van der Waals surface area contributed by atoms with Crippen LogP contribution in [0.15, 0.2) is 0 Å². The fraction of sp³-hybridized carbons (Fsp3) is 0.933. The number of carbonyl (C=O) groups excluding carboxylic acids is 1. The lowest BCUT2D eigenvalue weighted by Gasteiger charge is -2.29. The second-order valence-electron chi connectivity index (χ2n) is 7.24. The molecule has 0 rings (SSSR count). The van der Waals surface area contributed by atoms with Crippen LogP contribution in [0.5, 0.6) is 0 Å². The molecule has 0 amide bonds. The Bertz CT molecular complexity index is 279. The van der Waals surface area contributed by atoms with Crippen LogP contribution < -0.4 is 0 Å². The quantitative estimate of drug-likeness (QED) is 0.377. The summed E-state index contributed by atoms with van der Waals surface area (Å²) in [5.41, 5.74) is -0.493. The van der Waals surface area contributed by atoms with E-state index in [1.54, 1.807) is 13.1 Å². The fourth-order valence-electron chi connectivity index (χ4n) is 2.08. The van der Waals surface area contributed by atoms with Crippen LogP contribution in [0.3, 0.4) is 0 Å². The van der Waals surface area contributed by atoms with Gasteiger partial charge >= 0.3 is 5.97 Å². The average molecular weight is 290 g/mol.